The lowest BCUT2D eigenvalue weighted by molar-refractivity contribution is -0.421. The first kappa shape index (κ1) is 17.8. The molecule has 0 fully saturated rings. The van der Waals surface area contributed by atoms with Gasteiger partial charge in [-0.1, -0.05) is 39.0 Å². The number of hydrogen-bond donors (Lipinski definition) is 2. The molecule has 2 nitrogen and oxygen atoms in total. The van der Waals surface area contributed by atoms with Crippen LogP contribution in [-0.2, 0) is 0 Å². The Morgan fingerprint density at radius 1 is 0.933 bits per heavy atom. The molecule has 0 bridgehead atoms. The molecule has 3 heteroatoms. The summed E-state index contributed by atoms with van der Waals surface area (Å²) in [5, 5.41) is 8.59. The van der Waals surface area contributed by atoms with E-state index < -0.39 is 0 Å². The Morgan fingerprint density at radius 2 is 1.40 bits per heavy atom. The van der Waals surface area contributed by atoms with Crippen LogP contribution in [0.15, 0.2) is 0 Å². The Bertz CT molecular complexity index is 112. The van der Waals surface area contributed by atoms with E-state index in [2.05, 4.69) is 12.7 Å². The van der Waals surface area contributed by atoms with Crippen molar-refractivity contribution in [2.24, 2.45) is 0 Å². The van der Waals surface area contributed by atoms with E-state index in [9.17, 15) is 0 Å². The van der Waals surface area contributed by atoms with E-state index in [-0.39, 0.29) is 17.0 Å². The maximum absolute atomic E-state index is 8.59. The van der Waals surface area contributed by atoms with Crippen LogP contribution < -0.4 is 22.7 Å². The first-order valence-corrected chi connectivity index (χ1v) is 6.25. The molecule has 0 aliphatic carbocycles. The molecule has 0 aliphatic heterocycles. The monoisotopic (exact) mass is 281 g/mol. The predicted molar refractivity (Wildman–Crippen MR) is 61.0 cm³/mol. The molecule has 1 atom stereocenters. The van der Waals surface area contributed by atoms with Crippen LogP contribution in [0, 0.1) is 0 Å². The molecule has 15 heavy (non-hydrogen) atoms. The van der Waals surface area contributed by atoms with Gasteiger partial charge in [0.1, 0.15) is 0 Å². The lowest BCUT2D eigenvalue weighted by Gasteiger charge is -2.04. The summed E-state index contributed by atoms with van der Waals surface area (Å²) in [4.78, 5) is 0. The first-order valence-electron chi connectivity index (χ1n) is 6.25. The fraction of sp³-hybridized carbons (Fsp3) is 1.00. The molecule has 0 heterocycles. The van der Waals surface area contributed by atoms with Crippen LogP contribution in [0.5, 0.6) is 0 Å². The topological polar surface area (TPSA) is 47.9 Å². The molecule has 1 unspecified atom stereocenters. The molecule has 4 N–H and O–H groups in total. The van der Waals surface area contributed by atoms with Crippen LogP contribution in [0.1, 0.15) is 64.7 Å². The maximum atomic E-state index is 8.59. The molecule has 0 aromatic carbocycles. The quantitative estimate of drug-likeness (QED) is 0.503. The highest BCUT2D eigenvalue weighted by Gasteiger charge is 2.01. The number of aliphatic hydroxyl groups excluding tert-OH is 1. The van der Waals surface area contributed by atoms with Gasteiger partial charge in [-0.15, -0.1) is 0 Å². The molecular weight excluding hydrogens is 254 g/mol. The summed E-state index contributed by atoms with van der Waals surface area (Å²) in [5.41, 5.74) is 4.09. The van der Waals surface area contributed by atoms with Crippen molar-refractivity contribution in [3.05, 3.63) is 0 Å². The van der Waals surface area contributed by atoms with Gasteiger partial charge < -0.3 is 27.8 Å². The predicted octanol–water partition coefficient (Wildman–Crippen LogP) is -0.876. The highest BCUT2D eigenvalue weighted by molar-refractivity contribution is 4.52. The Morgan fingerprint density at radius 3 is 1.87 bits per heavy atom. The average Bonchev–Trinajstić information content (AvgIpc) is 2.21. The molecule has 0 amide bonds. The van der Waals surface area contributed by atoms with Crippen molar-refractivity contribution in [2.45, 2.75) is 70.8 Å². The van der Waals surface area contributed by atoms with E-state index in [0.29, 0.717) is 12.6 Å². The molecule has 0 aliphatic rings. The highest BCUT2D eigenvalue weighted by Crippen LogP contribution is 2.09. The van der Waals surface area contributed by atoms with E-state index >= 15 is 0 Å². The molecular formula is C12H28BrNO. The fourth-order valence-electron chi connectivity index (χ4n) is 1.63. The fourth-order valence-corrected chi connectivity index (χ4v) is 1.63. The zero-order valence-corrected chi connectivity index (χ0v) is 11.8. The number of aliphatic hydroxyl groups is 1. The zero-order chi connectivity index (χ0) is 10.6. The average molecular weight is 282 g/mol. The van der Waals surface area contributed by atoms with Crippen molar-refractivity contribution >= 4 is 0 Å². The van der Waals surface area contributed by atoms with E-state index in [1.807, 2.05) is 0 Å². The summed E-state index contributed by atoms with van der Waals surface area (Å²) in [7, 11) is 0. The van der Waals surface area contributed by atoms with Gasteiger partial charge in [0.05, 0.1) is 6.04 Å². The smallest absolute Gasteiger partial charge is 0.0840 e. The third-order valence-corrected chi connectivity index (χ3v) is 2.85. The van der Waals surface area contributed by atoms with Crippen molar-refractivity contribution < 1.29 is 27.8 Å². The second-order valence-corrected chi connectivity index (χ2v) is 4.26. The third-order valence-electron chi connectivity index (χ3n) is 2.85. The number of unbranched alkanes of at least 4 members (excludes halogenated alkanes) is 6. The molecule has 0 saturated heterocycles. The first-order chi connectivity index (χ1) is 6.81. The van der Waals surface area contributed by atoms with Crippen molar-refractivity contribution in [1.82, 2.24) is 0 Å². The number of rotatable bonds is 10. The van der Waals surface area contributed by atoms with Crippen LogP contribution in [0.2, 0.25) is 0 Å². The van der Waals surface area contributed by atoms with Gasteiger partial charge in [0.15, 0.2) is 0 Å². The minimum Gasteiger partial charge on any atom is -1.00 e. The molecule has 94 valence electrons. The Hall–Kier alpha value is 0.400. The molecule has 0 saturated carbocycles. The number of quaternary nitrogens is 1. The molecule has 0 aromatic rings. The standard InChI is InChI=1S/C12H27NO.BrH/c1-2-12(13)10-8-6-4-3-5-7-9-11-14;/h12,14H,2-11,13H2,1H3;1H. The largest absolute Gasteiger partial charge is 1.00 e. The lowest BCUT2D eigenvalue weighted by Crippen LogP contribution is -3.00. The van der Waals surface area contributed by atoms with Gasteiger partial charge in [-0.2, -0.15) is 0 Å². The number of halogens is 1. The summed E-state index contributed by atoms with van der Waals surface area (Å²) in [6.45, 7) is 2.58. The Kier molecular flexibility index (Phi) is 17.1. The second kappa shape index (κ2) is 14.4. The molecule has 0 rings (SSSR count). The van der Waals surface area contributed by atoms with E-state index in [4.69, 9.17) is 5.11 Å². The summed E-state index contributed by atoms with van der Waals surface area (Å²) in [6, 6.07) is 0.671. The normalized spacial score (nSPS) is 12.2. The van der Waals surface area contributed by atoms with Gasteiger partial charge in [-0.3, -0.25) is 0 Å². The van der Waals surface area contributed by atoms with Crippen LogP contribution in [-0.4, -0.2) is 17.8 Å². The van der Waals surface area contributed by atoms with E-state index in [0.717, 1.165) is 6.42 Å². The molecule has 0 radical (unpaired) electrons. The number of hydrogen-bond acceptors (Lipinski definition) is 1. The molecule has 0 aromatic heterocycles. The maximum Gasteiger partial charge on any atom is 0.0840 e. The van der Waals surface area contributed by atoms with Gasteiger partial charge >= 0.3 is 0 Å². The van der Waals surface area contributed by atoms with Gasteiger partial charge in [-0.25, -0.2) is 0 Å². The lowest BCUT2D eigenvalue weighted by atomic mass is 10.0. The van der Waals surface area contributed by atoms with E-state index in [1.54, 1.807) is 0 Å². The Balaban J connectivity index is 0. The zero-order valence-electron chi connectivity index (χ0n) is 10.2. The molecule has 0 spiro atoms. The Labute approximate surface area is 105 Å². The summed E-state index contributed by atoms with van der Waals surface area (Å²) < 4.78 is 0. The van der Waals surface area contributed by atoms with Crippen LogP contribution in [0.4, 0.5) is 0 Å². The second-order valence-electron chi connectivity index (χ2n) is 4.26. The minimum absolute atomic E-state index is 0. The third kappa shape index (κ3) is 14.4. The SMILES string of the molecule is CCC([NH3+])CCCCCCCCCO.[Br-]. The van der Waals surface area contributed by atoms with Crippen molar-refractivity contribution in [2.75, 3.05) is 6.61 Å². The highest BCUT2D eigenvalue weighted by atomic mass is 79.9. The van der Waals surface area contributed by atoms with Crippen molar-refractivity contribution in [3.63, 3.8) is 0 Å². The van der Waals surface area contributed by atoms with Gasteiger partial charge in [0.2, 0.25) is 0 Å². The minimum atomic E-state index is 0. The van der Waals surface area contributed by atoms with Gasteiger partial charge in [-0.05, 0) is 25.7 Å². The summed E-state index contributed by atoms with van der Waals surface area (Å²) in [6.07, 6.45) is 11.4. The van der Waals surface area contributed by atoms with E-state index in [1.165, 1.54) is 51.4 Å². The van der Waals surface area contributed by atoms with Crippen LogP contribution in [0.25, 0.3) is 0 Å². The van der Waals surface area contributed by atoms with Crippen molar-refractivity contribution in [1.29, 1.82) is 0 Å². The summed E-state index contributed by atoms with van der Waals surface area (Å²) in [5.74, 6) is 0. The van der Waals surface area contributed by atoms with Gasteiger partial charge in [0.25, 0.3) is 0 Å². The summed E-state index contributed by atoms with van der Waals surface area (Å²) >= 11 is 0. The van der Waals surface area contributed by atoms with Crippen molar-refractivity contribution in [3.8, 4) is 0 Å². The van der Waals surface area contributed by atoms with Crippen LogP contribution >= 0.6 is 0 Å². The van der Waals surface area contributed by atoms with Gasteiger partial charge in [0, 0.05) is 6.61 Å². The van der Waals surface area contributed by atoms with Crippen LogP contribution in [0.3, 0.4) is 0 Å².